The van der Waals surface area contributed by atoms with Gasteiger partial charge >= 0.3 is 0 Å². The molecule has 0 aliphatic rings. The second kappa shape index (κ2) is 9.11. The summed E-state index contributed by atoms with van der Waals surface area (Å²) < 4.78 is 0. The van der Waals surface area contributed by atoms with E-state index in [1.165, 1.54) is 6.08 Å². The van der Waals surface area contributed by atoms with Crippen molar-refractivity contribution in [2.24, 2.45) is 0 Å². The van der Waals surface area contributed by atoms with E-state index in [0.29, 0.717) is 16.8 Å². The van der Waals surface area contributed by atoms with Gasteiger partial charge in [0.2, 0.25) is 0 Å². The second-order valence-corrected chi connectivity index (χ2v) is 5.89. The summed E-state index contributed by atoms with van der Waals surface area (Å²) >= 11 is 0. The van der Waals surface area contributed by atoms with Crippen LogP contribution in [0.4, 0.5) is 5.69 Å². The zero-order chi connectivity index (χ0) is 18.9. The third-order valence-corrected chi connectivity index (χ3v) is 3.91. The maximum absolute atomic E-state index is 12.2. The van der Waals surface area contributed by atoms with Crippen molar-refractivity contribution in [3.63, 3.8) is 0 Å². The Labute approximate surface area is 158 Å². The van der Waals surface area contributed by atoms with Crippen LogP contribution in [0.15, 0.2) is 103 Å². The average molecular weight is 353 g/mol. The zero-order valence-electron chi connectivity index (χ0n) is 14.7. The Bertz CT molecular complexity index is 956. The number of benzene rings is 3. The van der Waals surface area contributed by atoms with E-state index in [9.17, 15) is 9.59 Å². The predicted molar refractivity (Wildman–Crippen MR) is 110 cm³/mol. The second-order valence-electron chi connectivity index (χ2n) is 5.89. The Kier molecular flexibility index (Phi) is 6.10. The van der Waals surface area contributed by atoms with Gasteiger partial charge in [0.1, 0.15) is 0 Å². The number of anilines is 1. The lowest BCUT2D eigenvalue weighted by atomic mass is 10.1. The monoisotopic (exact) mass is 353 g/mol. The quantitative estimate of drug-likeness (QED) is 0.367. The van der Waals surface area contributed by atoms with Crippen molar-refractivity contribution < 1.29 is 9.59 Å². The van der Waals surface area contributed by atoms with Crippen molar-refractivity contribution in [1.82, 2.24) is 0 Å². The van der Waals surface area contributed by atoms with E-state index < -0.39 is 0 Å². The molecule has 3 aromatic carbocycles. The molecule has 1 N–H and O–H groups in total. The molecule has 0 fully saturated rings. The highest BCUT2D eigenvalue weighted by Gasteiger charge is 2.06. The van der Waals surface area contributed by atoms with Gasteiger partial charge in [0.25, 0.3) is 5.91 Å². The molecule has 0 saturated carbocycles. The van der Waals surface area contributed by atoms with E-state index in [2.05, 4.69) is 5.32 Å². The number of hydrogen-bond donors (Lipinski definition) is 1. The molecule has 1 amide bonds. The summed E-state index contributed by atoms with van der Waals surface area (Å²) in [5.74, 6) is -0.269. The highest BCUT2D eigenvalue weighted by Crippen LogP contribution is 2.12. The van der Waals surface area contributed by atoms with Gasteiger partial charge in [-0.25, -0.2) is 0 Å². The summed E-state index contributed by atoms with van der Waals surface area (Å²) in [6.07, 6.45) is 7.02. The van der Waals surface area contributed by atoms with Gasteiger partial charge in [0.05, 0.1) is 0 Å². The first-order valence-electron chi connectivity index (χ1n) is 8.63. The molecule has 0 aliphatic heterocycles. The van der Waals surface area contributed by atoms with E-state index in [4.69, 9.17) is 0 Å². The van der Waals surface area contributed by atoms with Crippen LogP contribution in [0.1, 0.15) is 26.3 Å². The van der Waals surface area contributed by atoms with Crippen molar-refractivity contribution in [1.29, 1.82) is 0 Å². The van der Waals surface area contributed by atoms with Crippen molar-refractivity contribution in [2.75, 3.05) is 5.32 Å². The fourth-order valence-electron chi connectivity index (χ4n) is 2.48. The lowest BCUT2D eigenvalue weighted by molar-refractivity contribution is 0.102. The Morgan fingerprint density at radius 1 is 0.667 bits per heavy atom. The Morgan fingerprint density at radius 3 is 1.96 bits per heavy atom. The Balaban J connectivity index is 1.58. The van der Waals surface area contributed by atoms with Crippen LogP contribution in [0.25, 0.3) is 6.08 Å². The number of ketones is 1. The third kappa shape index (κ3) is 5.38. The number of nitrogens with one attached hydrogen (secondary N) is 1. The molecule has 3 nitrogen and oxygen atoms in total. The summed E-state index contributed by atoms with van der Waals surface area (Å²) in [4.78, 5) is 24.3. The van der Waals surface area contributed by atoms with E-state index in [1.54, 1.807) is 42.5 Å². The minimum absolute atomic E-state index is 0.0892. The topological polar surface area (TPSA) is 46.2 Å². The average Bonchev–Trinajstić information content (AvgIpc) is 2.73. The van der Waals surface area contributed by atoms with Gasteiger partial charge in [-0.05, 0) is 48.0 Å². The van der Waals surface area contributed by atoms with Gasteiger partial charge < -0.3 is 5.32 Å². The van der Waals surface area contributed by atoms with Gasteiger partial charge in [0.15, 0.2) is 5.78 Å². The molecule has 0 spiro atoms. The van der Waals surface area contributed by atoms with Crippen LogP contribution in [0.2, 0.25) is 0 Å². The van der Waals surface area contributed by atoms with E-state index in [-0.39, 0.29) is 11.7 Å². The minimum Gasteiger partial charge on any atom is -0.322 e. The third-order valence-electron chi connectivity index (χ3n) is 3.91. The zero-order valence-corrected chi connectivity index (χ0v) is 14.7. The number of rotatable bonds is 6. The van der Waals surface area contributed by atoms with Crippen molar-refractivity contribution >= 4 is 23.5 Å². The van der Waals surface area contributed by atoms with E-state index in [1.807, 2.05) is 60.7 Å². The number of hydrogen-bond acceptors (Lipinski definition) is 2. The summed E-state index contributed by atoms with van der Waals surface area (Å²) in [5, 5.41) is 2.82. The molecule has 0 bridgehead atoms. The van der Waals surface area contributed by atoms with Crippen LogP contribution in [0, 0.1) is 0 Å². The van der Waals surface area contributed by atoms with Crippen molar-refractivity contribution in [2.45, 2.75) is 0 Å². The van der Waals surface area contributed by atoms with Gasteiger partial charge in [-0.2, -0.15) is 0 Å². The van der Waals surface area contributed by atoms with Crippen LogP contribution in [0.5, 0.6) is 0 Å². The molecule has 3 rings (SSSR count). The minimum atomic E-state index is -0.180. The fourth-order valence-corrected chi connectivity index (χ4v) is 2.48. The summed E-state index contributed by atoms with van der Waals surface area (Å²) in [5.41, 5.74) is 2.88. The standard InChI is InChI=1S/C24H19NO2/c26-23(14-8-7-11-19-9-3-1-4-10-19)20-15-17-22(18-16-20)25-24(27)21-12-5-2-6-13-21/h1-18H,(H,25,27). The normalized spacial score (nSPS) is 11.0. The molecular weight excluding hydrogens is 334 g/mol. The van der Waals surface area contributed by atoms with Gasteiger partial charge in [0, 0.05) is 16.8 Å². The van der Waals surface area contributed by atoms with Crippen LogP contribution in [0.3, 0.4) is 0 Å². The lowest BCUT2D eigenvalue weighted by Crippen LogP contribution is -2.11. The van der Waals surface area contributed by atoms with Gasteiger partial charge in [-0.15, -0.1) is 0 Å². The van der Waals surface area contributed by atoms with Gasteiger partial charge in [-0.1, -0.05) is 66.8 Å². The maximum Gasteiger partial charge on any atom is 0.255 e. The molecule has 3 aromatic rings. The molecule has 0 aliphatic carbocycles. The number of allylic oxidation sites excluding steroid dienone is 3. The molecule has 3 heteroatoms. The summed E-state index contributed by atoms with van der Waals surface area (Å²) in [6, 6.07) is 25.7. The fraction of sp³-hybridized carbons (Fsp3) is 0. The van der Waals surface area contributed by atoms with Crippen molar-refractivity contribution in [3.05, 3.63) is 120 Å². The van der Waals surface area contributed by atoms with Crippen LogP contribution in [-0.4, -0.2) is 11.7 Å². The molecule has 0 unspecified atom stereocenters. The first-order chi connectivity index (χ1) is 13.2. The van der Waals surface area contributed by atoms with Crippen LogP contribution >= 0.6 is 0 Å². The van der Waals surface area contributed by atoms with Crippen LogP contribution in [-0.2, 0) is 0 Å². The van der Waals surface area contributed by atoms with E-state index in [0.717, 1.165) is 5.56 Å². The molecule has 0 saturated heterocycles. The smallest absolute Gasteiger partial charge is 0.255 e. The summed E-state index contributed by atoms with van der Waals surface area (Å²) in [6.45, 7) is 0. The highest BCUT2D eigenvalue weighted by molar-refractivity contribution is 6.06. The molecule has 0 radical (unpaired) electrons. The van der Waals surface area contributed by atoms with E-state index >= 15 is 0 Å². The summed E-state index contributed by atoms with van der Waals surface area (Å²) in [7, 11) is 0. The molecule has 27 heavy (non-hydrogen) atoms. The largest absolute Gasteiger partial charge is 0.322 e. The molecule has 132 valence electrons. The Hall–Kier alpha value is -3.72. The highest BCUT2D eigenvalue weighted by atomic mass is 16.1. The molecule has 0 aromatic heterocycles. The first kappa shape index (κ1) is 18.1. The van der Waals surface area contributed by atoms with Gasteiger partial charge in [-0.3, -0.25) is 9.59 Å². The number of carbonyl (C=O) groups is 2. The van der Waals surface area contributed by atoms with Crippen molar-refractivity contribution in [3.8, 4) is 0 Å². The SMILES string of the molecule is O=C(C=CC=Cc1ccccc1)c1ccc(NC(=O)c2ccccc2)cc1. The maximum atomic E-state index is 12.2. The first-order valence-corrected chi connectivity index (χ1v) is 8.63. The number of carbonyl (C=O) groups excluding carboxylic acids is 2. The lowest BCUT2D eigenvalue weighted by Gasteiger charge is -2.05. The predicted octanol–water partition coefficient (Wildman–Crippen LogP) is 5.39. The number of amides is 1. The van der Waals surface area contributed by atoms with Crippen LogP contribution < -0.4 is 5.32 Å². The molecule has 0 atom stereocenters. The Morgan fingerprint density at radius 2 is 1.30 bits per heavy atom. The molecule has 0 heterocycles. The molecular formula is C24H19NO2.